The molecule has 0 fully saturated rings. The molecule has 0 aromatic heterocycles. The Kier molecular flexibility index (Phi) is 3.56. The van der Waals surface area contributed by atoms with Crippen LogP contribution in [0.1, 0.15) is 6.92 Å². The summed E-state index contributed by atoms with van der Waals surface area (Å²) in [6.07, 6.45) is 1.25. The Balaban J connectivity index is 2.32. The third-order valence-electron chi connectivity index (χ3n) is 1.87. The number of rotatable bonds is 5. The maximum absolute atomic E-state index is 11.3. The van der Waals surface area contributed by atoms with Crippen LogP contribution in [-0.2, 0) is 19.1 Å². The van der Waals surface area contributed by atoms with Gasteiger partial charge in [-0.15, -0.1) is 0 Å². The fourth-order valence-electron chi connectivity index (χ4n) is 1.16. The van der Waals surface area contributed by atoms with Crippen LogP contribution in [0.15, 0.2) is 11.6 Å². The number of ether oxygens (including phenoxy) is 1. The largest absolute Gasteiger partial charge is 0.480 e. The molecule has 0 aromatic rings. The van der Waals surface area contributed by atoms with E-state index in [1.807, 2.05) is 0 Å². The molecule has 0 spiro atoms. The third-order valence-corrected chi connectivity index (χ3v) is 1.87. The van der Waals surface area contributed by atoms with Crippen LogP contribution in [0.4, 0.5) is 0 Å². The average molecular weight is 213 g/mol. The second-order valence-electron chi connectivity index (χ2n) is 3.07. The monoisotopic (exact) mass is 213 g/mol. The maximum atomic E-state index is 11.3. The molecule has 1 aliphatic heterocycles. The first-order valence-electron chi connectivity index (χ1n) is 4.36. The van der Waals surface area contributed by atoms with E-state index in [-0.39, 0.29) is 25.0 Å². The smallest absolute Gasteiger partial charge is 0.329 e. The van der Waals surface area contributed by atoms with Gasteiger partial charge in [0.2, 0.25) is 0 Å². The van der Waals surface area contributed by atoms with Crippen LogP contribution < -0.4 is 0 Å². The van der Waals surface area contributed by atoms with Gasteiger partial charge in [-0.1, -0.05) is 0 Å². The Morgan fingerprint density at radius 1 is 1.53 bits per heavy atom. The van der Waals surface area contributed by atoms with Gasteiger partial charge in [-0.3, -0.25) is 14.5 Å². The zero-order valence-electron chi connectivity index (χ0n) is 8.23. The molecule has 0 bridgehead atoms. The lowest BCUT2D eigenvalue weighted by molar-refractivity contribution is -0.142. The molecule has 6 nitrogen and oxygen atoms in total. The Hall–Kier alpha value is -1.69. The fraction of sp³-hybridized carbons (Fsp3) is 0.444. The number of amides is 2. The van der Waals surface area contributed by atoms with E-state index in [0.29, 0.717) is 5.57 Å². The van der Waals surface area contributed by atoms with Gasteiger partial charge in [0.1, 0.15) is 6.61 Å². The van der Waals surface area contributed by atoms with Crippen molar-refractivity contribution >= 4 is 17.8 Å². The summed E-state index contributed by atoms with van der Waals surface area (Å²) in [5.41, 5.74) is 0.387. The van der Waals surface area contributed by atoms with Crippen LogP contribution >= 0.6 is 0 Å². The Bertz CT molecular complexity index is 333. The van der Waals surface area contributed by atoms with Crippen LogP contribution in [0.2, 0.25) is 0 Å². The van der Waals surface area contributed by atoms with Crippen molar-refractivity contribution in [1.29, 1.82) is 0 Å². The van der Waals surface area contributed by atoms with Gasteiger partial charge in [-0.05, 0) is 6.92 Å². The minimum atomic E-state index is -1.08. The highest BCUT2D eigenvalue weighted by Gasteiger charge is 2.27. The Morgan fingerprint density at radius 3 is 2.67 bits per heavy atom. The zero-order chi connectivity index (χ0) is 11.4. The molecule has 1 N–H and O–H groups in total. The van der Waals surface area contributed by atoms with Crippen LogP contribution in [-0.4, -0.2) is 47.5 Å². The number of carbonyl (C=O) groups is 3. The van der Waals surface area contributed by atoms with E-state index in [0.717, 1.165) is 4.90 Å². The third kappa shape index (κ3) is 2.88. The summed E-state index contributed by atoms with van der Waals surface area (Å²) < 4.78 is 4.72. The van der Waals surface area contributed by atoms with Gasteiger partial charge in [0.05, 0.1) is 13.2 Å². The molecular formula is C9H11NO5. The molecule has 82 valence electrons. The summed E-state index contributed by atoms with van der Waals surface area (Å²) in [5, 5.41) is 8.27. The predicted molar refractivity (Wildman–Crippen MR) is 48.9 cm³/mol. The molecule has 0 atom stereocenters. The summed E-state index contributed by atoms with van der Waals surface area (Å²) in [6.45, 7) is 1.24. The summed E-state index contributed by atoms with van der Waals surface area (Å²) in [5.74, 6) is -1.81. The number of hydrogen-bond donors (Lipinski definition) is 1. The van der Waals surface area contributed by atoms with E-state index in [4.69, 9.17) is 9.84 Å². The Labute approximate surface area is 86.1 Å². The summed E-state index contributed by atoms with van der Waals surface area (Å²) in [6, 6.07) is 0. The van der Waals surface area contributed by atoms with Gasteiger partial charge in [0, 0.05) is 11.6 Å². The first kappa shape index (κ1) is 11.4. The van der Waals surface area contributed by atoms with Gasteiger partial charge in [-0.25, -0.2) is 4.79 Å². The molecular weight excluding hydrogens is 202 g/mol. The Morgan fingerprint density at radius 2 is 2.20 bits per heavy atom. The van der Waals surface area contributed by atoms with E-state index in [2.05, 4.69) is 0 Å². The van der Waals surface area contributed by atoms with Crippen LogP contribution in [0.3, 0.4) is 0 Å². The molecule has 0 aliphatic carbocycles. The molecule has 0 radical (unpaired) electrons. The molecule has 1 rings (SSSR count). The van der Waals surface area contributed by atoms with Crippen molar-refractivity contribution in [3.63, 3.8) is 0 Å². The molecule has 0 saturated heterocycles. The van der Waals surface area contributed by atoms with Gasteiger partial charge in [0.15, 0.2) is 0 Å². The number of hydrogen-bond acceptors (Lipinski definition) is 4. The number of aliphatic carboxylic acids is 1. The molecule has 0 unspecified atom stereocenters. The number of imide groups is 1. The van der Waals surface area contributed by atoms with Crippen molar-refractivity contribution in [2.45, 2.75) is 6.92 Å². The molecule has 1 aliphatic rings. The highest BCUT2D eigenvalue weighted by atomic mass is 16.5. The lowest BCUT2D eigenvalue weighted by atomic mass is 10.3. The van der Waals surface area contributed by atoms with Gasteiger partial charge in [0.25, 0.3) is 11.8 Å². The number of carboxylic acids is 1. The fourth-order valence-corrected chi connectivity index (χ4v) is 1.16. The van der Waals surface area contributed by atoms with Crippen molar-refractivity contribution in [1.82, 2.24) is 4.90 Å². The van der Waals surface area contributed by atoms with Gasteiger partial charge in [-0.2, -0.15) is 0 Å². The van der Waals surface area contributed by atoms with Crippen LogP contribution in [0.5, 0.6) is 0 Å². The van der Waals surface area contributed by atoms with Crippen LogP contribution in [0.25, 0.3) is 0 Å². The lowest BCUT2D eigenvalue weighted by Crippen LogP contribution is -2.34. The number of carboxylic acid groups (broad SMARTS) is 1. The van der Waals surface area contributed by atoms with E-state index < -0.39 is 12.6 Å². The molecule has 2 amide bonds. The van der Waals surface area contributed by atoms with Crippen molar-refractivity contribution in [3.8, 4) is 0 Å². The SMILES string of the molecule is CC1=CC(=O)N(CCOCC(=O)O)C1=O. The molecule has 15 heavy (non-hydrogen) atoms. The van der Waals surface area contributed by atoms with Crippen molar-refractivity contribution < 1.29 is 24.2 Å². The summed E-state index contributed by atoms with van der Waals surface area (Å²) in [4.78, 5) is 33.6. The van der Waals surface area contributed by atoms with E-state index in [1.165, 1.54) is 6.08 Å². The second kappa shape index (κ2) is 4.70. The lowest BCUT2D eigenvalue weighted by Gasteiger charge is -2.13. The summed E-state index contributed by atoms with van der Waals surface area (Å²) >= 11 is 0. The standard InChI is InChI=1S/C9H11NO5/c1-6-4-7(11)10(9(6)14)2-3-15-5-8(12)13/h4H,2-3,5H2,1H3,(H,12,13). The number of nitrogens with zero attached hydrogens (tertiary/aromatic N) is 1. The minimum Gasteiger partial charge on any atom is -0.480 e. The normalized spacial score (nSPS) is 15.8. The van der Waals surface area contributed by atoms with E-state index >= 15 is 0 Å². The van der Waals surface area contributed by atoms with Crippen molar-refractivity contribution in [2.75, 3.05) is 19.8 Å². The molecule has 1 heterocycles. The maximum Gasteiger partial charge on any atom is 0.329 e. The summed E-state index contributed by atoms with van der Waals surface area (Å²) in [7, 11) is 0. The molecule has 0 aromatic carbocycles. The topological polar surface area (TPSA) is 83.9 Å². The average Bonchev–Trinajstić information content (AvgIpc) is 2.37. The van der Waals surface area contributed by atoms with E-state index in [1.54, 1.807) is 6.92 Å². The van der Waals surface area contributed by atoms with Gasteiger partial charge < -0.3 is 9.84 Å². The first-order chi connectivity index (χ1) is 7.02. The van der Waals surface area contributed by atoms with E-state index in [9.17, 15) is 14.4 Å². The predicted octanol–water partition coefficient (Wildman–Crippen LogP) is -0.597. The van der Waals surface area contributed by atoms with Gasteiger partial charge >= 0.3 is 5.97 Å². The quantitative estimate of drug-likeness (QED) is 0.487. The number of carbonyl (C=O) groups excluding carboxylic acids is 2. The first-order valence-corrected chi connectivity index (χ1v) is 4.36. The highest BCUT2D eigenvalue weighted by molar-refractivity contribution is 6.15. The minimum absolute atomic E-state index is 0.0326. The second-order valence-corrected chi connectivity index (χ2v) is 3.07. The molecule has 0 saturated carbocycles. The van der Waals surface area contributed by atoms with Crippen molar-refractivity contribution in [2.24, 2.45) is 0 Å². The highest BCUT2D eigenvalue weighted by Crippen LogP contribution is 2.10. The zero-order valence-corrected chi connectivity index (χ0v) is 8.23. The molecule has 6 heteroatoms. The van der Waals surface area contributed by atoms with Crippen LogP contribution in [0, 0.1) is 0 Å². The van der Waals surface area contributed by atoms with Crippen molar-refractivity contribution in [3.05, 3.63) is 11.6 Å².